The molecule has 1 aliphatic heterocycles. The lowest BCUT2D eigenvalue weighted by atomic mass is 10.2. The van der Waals surface area contributed by atoms with Crippen LogP contribution >= 0.6 is 0 Å². The van der Waals surface area contributed by atoms with Gasteiger partial charge in [-0.3, -0.25) is 0 Å². The third-order valence-corrected chi connectivity index (χ3v) is 4.44. The molecule has 0 amide bonds. The van der Waals surface area contributed by atoms with Crippen LogP contribution < -0.4 is 0 Å². The second kappa shape index (κ2) is 3.77. The van der Waals surface area contributed by atoms with Crippen molar-refractivity contribution in [2.45, 2.75) is 19.1 Å². The van der Waals surface area contributed by atoms with E-state index < -0.39 is 28.0 Å². The highest BCUT2D eigenvalue weighted by Gasteiger charge is 2.39. The summed E-state index contributed by atoms with van der Waals surface area (Å²) >= 11 is 0. The lowest BCUT2D eigenvalue weighted by molar-refractivity contribution is 0.0689. The van der Waals surface area contributed by atoms with Crippen LogP contribution in [0.25, 0.3) is 0 Å². The zero-order valence-electron chi connectivity index (χ0n) is 8.94. The predicted octanol–water partition coefficient (Wildman–Crippen LogP) is -1.38. The molecule has 9 heteroatoms. The first-order valence-corrected chi connectivity index (χ1v) is 6.67. The number of carboxylic acid groups (broad SMARTS) is 1. The minimum atomic E-state index is -3.31. The largest absolute Gasteiger partial charge is 0.476 e. The zero-order chi connectivity index (χ0) is 12.8. The summed E-state index contributed by atoms with van der Waals surface area (Å²) in [6.45, 7) is 1.47. The van der Waals surface area contributed by atoms with Crippen molar-refractivity contribution in [3.8, 4) is 0 Å². The van der Waals surface area contributed by atoms with Gasteiger partial charge in [-0.25, -0.2) is 17.9 Å². The Morgan fingerprint density at radius 1 is 1.47 bits per heavy atom. The molecule has 0 aliphatic carbocycles. The molecule has 2 rings (SSSR count). The summed E-state index contributed by atoms with van der Waals surface area (Å²) in [7, 11) is -3.31. The molecule has 1 fully saturated rings. The van der Waals surface area contributed by atoms with Gasteiger partial charge in [-0.1, -0.05) is 5.21 Å². The predicted molar refractivity (Wildman–Crippen MR) is 55.4 cm³/mol. The number of aromatic carboxylic acids is 1. The van der Waals surface area contributed by atoms with Crippen LogP contribution in [0, 0.1) is 6.92 Å². The fourth-order valence-electron chi connectivity index (χ4n) is 1.90. The molecule has 1 saturated heterocycles. The second-order valence-corrected chi connectivity index (χ2v) is 6.14. The first-order chi connectivity index (χ1) is 7.82. The van der Waals surface area contributed by atoms with Crippen LogP contribution in [0.3, 0.4) is 0 Å². The van der Waals surface area contributed by atoms with E-state index in [1.807, 2.05) is 0 Å². The Kier molecular flexibility index (Phi) is 2.66. The van der Waals surface area contributed by atoms with E-state index in [4.69, 9.17) is 5.11 Å². The quantitative estimate of drug-likeness (QED) is 0.672. The third kappa shape index (κ3) is 2.03. The number of sulfone groups is 1. The minimum absolute atomic E-state index is 0.235. The maximum absolute atomic E-state index is 11.3. The fourth-order valence-corrected chi connectivity index (χ4v) is 3.66. The van der Waals surface area contributed by atoms with Gasteiger partial charge < -0.3 is 10.2 Å². The van der Waals surface area contributed by atoms with E-state index in [0.29, 0.717) is 0 Å². The first kappa shape index (κ1) is 12.0. The molecule has 17 heavy (non-hydrogen) atoms. The average molecular weight is 261 g/mol. The van der Waals surface area contributed by atoms with Crippen LogP contribution in [-0.2, 0) is 9.84 Å². The number of rotatable bonds is 2. The highest BCUT2D eigenvalue weighted by atomic mass is 32.2. The Hall–Kier alpha value is -1.48. The third-order valence-electron chi connectivity index (χ3n) is 2.74. The number of aromatic nitrogens is 3. The Morgan fingerprint density at radius 2 is 2.12 bits per heavy atom. The van der Waals surface area contributed by atoms with Gasteiger partial charge in [0.1, 0.15) is 0 Å². The highest BCUT2D eigenvalue weighted by molar-refractivity contribution is 7.91. The van der Waals surface area contributed by atoms with Crippen molar-refractivity contribution < 1.29 is 23.4 Å². The Labute approximate surface area is 96.8 Å². The molecule has 8 nitrogen and oxygen atoms in total. The summed E-state index contributed by atoms with van der Waals surface area (Å²) in [6, 6.07) is -0.763. The van der Waals surface area contributed by atoms with Gasteiger partial charge in [0.15, 0.2) is 15.5 Å². The van der Waals surface area contributed by atoms with Gasteiger partial charge in [0.2, 0.25) is 0 Å². The topological polar surface area (TPSA) is 122 Å². The SMILES string of the molecule is Cc1c(C(=O)O)nnn1C1CS(=O)(=O)CC1O. The smallest absolute Gasteiger partial charge is 0.358 e. The zero-order valence-corrected chi connectivity index (χ0v) is 9.75. The Morgan fingerprint density at radius 3 is 2.53 bits per heavy atom. The molecule has 2 atom stereocenters. The summed E-state index contributed by atoms with van der Waals surface area (Å²) < 4.78 is 23.8. The van der Waals surface area contributed by atoms with Gasteiger partial charge in [-0.05, 0) is 6.92 Å². The number of aliphatic hydroxyl groups is 1. The van der Waals surface area contributed by atoms with E-state index in [1.54, 1.807) is 0 Å². The van der Waals surface area contributed by atoms with Gasteiger partial charge in [-0.2, -0.15) is 0 Å². The minimum Gasteiger partial charge on any atom is -0.476 e. The lowest BCUT2D eigenvalue weighted by Gasteiger charge is -2.13. The van der Waals surface area contributed by atoms with Crippen molar-refractivity contribution in [2.24, 2.45) is 0 Å². The molecular formula is C8H11N3O5S. The summed E-state index contributed by atoms with van der Waals surface area (Å²) in [5.74, 6) is -1.82. The Bertz CT molecular complexity index is 564. The molecule has 1 aliphatic rings. The van der Waals surface area contributed by atoms with Crippen LogP contribution in [0.1, 0.15) is 22.2 Å². The van der Waals surface area contributed by atoms with Crippen LogP contribution in [-0.4, -0.2) is 57.2 Å². The van der Waals surface area contributed by atoms with Gasteiger partial charge >= 0.3 is 5.97 Å². The van der Waals surface area contributed by atoms with E-state index in [-0.39, 0.29) is 22.9 Å². The summed E-state index contributed by atoms with van der Waals surface area (Å²) in [6.07, 6.45) is -1.08. The van der Waals surface area contributed by atoms with Crippen LogP contribution in [0.2, 0.25) is 0 Å². The normalized spacial score (nSPS) is 27.2. The van der Waals surface area contributed by atoms with Gasteiger partial charge in [0.05, 0.1) is 29.3 Å². The molecule has 2 N–H and O–H groups in total. The summed E-state index contributed by atoms with van der Waals surface area (Å²) in [5, 5.41) is 25.5. The molecule has 1 aromatic heterocycles. The molecule has 2 heterocycles. The van der Waals surface area contributed by atoms with Crippen molar-refractivity contribution in [1.82, 2.24) is 15.0 Å². The van der Waals surface area contributed by atoms with Crippen molar-refractivity contribution in [3.05, 3.63) is 11.4 Å². The van der Waals surface area contributed by atoms with Crippen molar-refractivity contribution >= 4 is 15.8 Å². The molecule has 0 bridgehead atoms. The standard InChI is InChI=1S/C8H11N3O5S/c1-4-7(8(13)14)9-10-11(4)5-2-17(15,16)3-6(5)12/h5-6,12H,2-3H2,1H3,(H,13,14). The van der Waals surface area contributed by atoms with Crippen molar-refractivity contribution in [3.63, 3.8) is 0 Å². The Balaban J connectivity index is 2.39. The molecule has 2 unspecified atom stereocenters. The monoisotopic (exact) mass is 261 g/mol. The molecule has 0 spiro atoms. The van der Waals surface area contributed by atoms with E-state index in [2.05, 4.69) is 10.3 Å². The number of hydrogen-bond acceptors (Lipinski definition) is 6. The maximum Gasteiger partial charge on any atom is 0.358 e. The average Bonchev–Trinajstić information content (AvgIpc) is 2.66. The van der Waals surface area contributed by atoms with Gasteiger partial charge in [-0.15, -0.1) is 5.10 Å². The number of carboxylic acids is 1. The molecule has 0 aromatic carbocycles. The number of nitrogens with zero attached hydrogens (tertiary/aromatic N) is 3. The molecule has 0 radical (unpaired) electrons. The van der Waals surface area contributed by atoms with Crippen LogP contribution in [0.5, 0.6) is 0 Å². The molecular weight excluding hydrogens is 250 g/mol. The van der Waals surface area contributed by atoms with Crippen LogP contribution in [0.15, 0.2) is 0 Å². The van der Waals surface area contributed by atoms with Gasteiger partial charge in [0.25, 0.3) is 0 Å². The number of carbonyl (C=O) groups is 1. The molecule has 0 saturated carbocycles. The van der Waals surface area contributed by atoms with Gasteiger partial charge in [0, 0.05) is 0 Å². The molecule has 1 aromatic rings. The van der Waals surface area contributed by atoms with E-state index in [0.717, 1.165) is 0 Å². The first-order valence-electron chi connectivity index (χ1n) is 4.85. The maximum atomic E-state index is 11.3. The number of aliphatic hydroxyl groups excluding tert-OH is 1. The second-order valence-electron chi connectivity index (χ2n) is 3.98. The van der Waals surface area contributed by atoms with E-state index >= 15 is 0 Å². The van der Waals surface area contributed by atoms with Crippen LogP contribution in [0.4, 0.5) is 0 Å². The van der Waals surface area contributed by atoms with E-state index in [1.165, 1.54) is 11.6 Å². The fraction of sp³-hybridized carbons (Fsp3) is 0.625. The lowest BCUT2D eigenvalue weighted by Crippen LogP contribution is -2.24. The number of hydrogen-bond donors (Lipinski definition) is 2. The van der Waals surface area contributed by atoms with E-state index in [9.17, 15) is 18.3 Å². The highest BCUT2D eigenvalue weighted by Crippen LogP contribution is 2.25. The van der Waals surface area contributed by atoms with Crippen molar-refractivity contribution in [2.75, 3.05) is 11.5 Å². The molecule has 94 valence electrons. The summed E-state index contributed by atoms with van der Waals surface area (Å²) in [4.78, 5) is 10.8. The summed E-state index contributed by atoms with van der Waals surface area (Å²) in [5.41, 5.74) is 0.000137. The van der Waals surface area contributed by atoms with Crippen molar-refractivity contribution in [1.29, 1.82) is 0 Å².